The molecule has 102 valence electrons. The number of hydrogen-bond acceptors (Lipinski definition) is 2. The zero-order chi connectivity index (χ0) is 14.8. The Hall–Kier alpha value is -2.86. The van der Waals surface area contributed by atoms with Crippen LogP contribution in [0.3, 0.4) is 0 Å². The first-order chi connectivity index (χ1) is 10.2. The molecular formula is C18H13NO2. The maximum Gasteiger partial charge on any atom is 0.261 e. The number of allylic oxidation sites excluding steroid dienone is 5. The highest BCUT2D eigenvalue weighted by Gasteiger charge is 2.35. The van der Waals surface area contributed by atoms with Crippen molar-refractivity contribution in [3.63, 3.8) is 0 Å². The lowest BCUT2D eigenvalue weighted by atomic mass is 10.1. The number of benzene rings is 1. The van der Waals surface area contributed by atoms with Crippen molar-refractivity contribution in [3.8, 4) is 12.3 Å². The molecule has 0 fully saturated rings. The number of hydrogen-bond donors (Lipinski definition) is 0. The van der Waals surface area contributed by atoms with Crippen LogP contribution in [-0.2, 0) is 0 Å². The SMILES string of the molecule is C#CC1=CC=CC=C(CN2C(=O)c3ccccc3C2=O)C1. The summed E-state index contributed by atoms with van der Waals surface area (Å²) in [6.07, 6.45) is 13.5. The summed E-state index contributed by atoms with van der Waals surface area (Å²) in [6.45, 7) is 0.274. The molecule has 3 nitrogen and oxygen atoms in total. The normalized spacial score (nSPS) is 17.0. The zero-order valence-corrected chi connectivity index (χ0v) is 11.4. The molecule has 0 unspecified atom stereocenters. The summed E-state index contributed by atoms with van der Waals surface area (Å²) in [5.74, 6) is 2.14. The third kappa shape index (κ3) is 2.32. The Bertz CT molecular complexity index is 725. The predicted octanol–water partition coefficient (Wildman–Crippen LogP) is 2.73. The van der Waals surface area contributed by atoms with Crippen molar-refractivity contribution in [3.05, 3.63) is 70.8 Å². The maximum atomic E-state index is 12.3. The van der Waals surface area contributed by atoms with Gasteiger partial charge in [-0.05, 0) is 17.7 Å². The molecule has 0 bridgehead atoms. The molecule has 1 aromatic rings. The molecule has 1 aromatic carbocycles. The minimum Gasteiger partial charge on any atom is -0.270 e. The molecule has 3 heteroatoms. The number of terminal acetylenes is 1. The van der Waals surface area contributed by atoms with Crippen LogP contribution in [0.4, 0.5) is 0 Å². The number of imide groups is 1. The molecule has 0 spiro atoms. The van der Waals surface area contributed by atoms with Gasteiger partial charge in [-0.2, -0.15) is 0 Å². The van der Waals surface area contributed by atoms with E-state index in [1.807, 2.05) is 24.3 Å². The molecule has 0 radical (unpaired) electrons. The van der Waals surface area contributed by atoms with E-state index < -0.39 is 0 Å². The lowest BCUT2D eigenvalue weighted by Crippen LogP contribution is -2.31. The molecule has 2 aliphatic rings. The van der Waals surface area contributed by atoms with Crippen LogP contribution in [0, 0.1) is 12.3 Å². The summed E-state index contributed by atoms with van der Waals surface area (Å²) >= 11 is 0. The Morgan fingerprint density at radius 3 is 2.29 bits per heavy atom. The average molecular weight is 275 g/mol. The largest absolute Gasteiger partial charge is 0.270 e. The van der Waals surface area contributed by atoms with Gasteiger partial charge in [0.2, 0.25) is 0 Å². The van der Waals surface area contributed by atoms with E-state index in [0.717, 1.165) is 11.1 Å². The van der Waals surface area contributed by atoms with Crippen LogP contribution in [0.15, 0.2) is 59.7 Å². The predicted molar refractivity (Wildman–Crippen MR) is 80.6 cm³/mol. The minimum absolute atomic E-state index is 0.240. The molecule has 3 rings (SSSR count). The Morgan fingerprint density at radius 1 is 1.05 bits per heavy atom. The number of carbonyl (C=O) groups is 2. The highest BCUT2D eigenvalue weighted by molar-refractivity contribution is 6.21. The molecule has 0 saturated carbocycles. The van der Waals surface area contributed by atoms with E-state index >= 15 is 0 Å². The van der Waals surface area contributed by atoms with Gasteiger partial charge < -0.3 is 0 Å². The standard InChI is InChI=1S/C18H13NO2/c1-2-13-7-3-4-8-14(11-13)12-19-17(20)15-9-5-6-10-16(15)18(19)21/h1,3-10H,11-12H2. The molecule has 1 aliphatic heterocycles. The van der Waals surface area contributed by atoms with Gasteiger partial charge in [-0.3, -0.25) is 14.5 Å². The fourth-order valence-corrected chi connectivity index (χ4v) is 2.52. The van der Waals surface area contributed by atoms with E-state index in [4.69, 9.17) is 6.42 Å². The first kappa shape index (κ1) is 13.1. The summed E-state index contributed by atoms with van der Waals surface area (Å²) in [5, 5.41) is 0. The van der Waals surface area contributed by atoms with Crippen molar-refractivity contribution < 1.29 is 9.59 Å². The fraction of sp³-hybridized carbons (Fsp3) is 0.111. The first-order valence-electron chi connectivity index (χ1n) is 6.68. The Morgan fingerprint density at radius 2 is 1.67 bits per heavy atom. The van der Waals surface area contributed by atoms with Gasteiger partial charge in [0.05, 0.1) is 17.7 Å². The second kappa shape index (κ2) is 5.26. The lowest BCUT2D eigenvalue weighted by Gasteiger charge is -2.16. The van der Waals surface area contributed by atoms with Crippen LogP contribution in [0.1, 0.15) is 27.1 Å². The van der Waals surface area contributed by atoms with E-state index in [1.54, 1.807) is 24.3 Å². The molecule has 0 N–H and O–H groups in total. The number of amides is 2. The Kier molecular flexibility index (Phi) is 3.29. The second-order valence-corrected chi connectivity index (χ2v) is 4.96. The topological polar surface area (TPSA) is 37.4 Å². The molecule has 1 aliphatic carbocycles. The van der Waals surface area contributed by atoms with Crippen molar-refractivity contribution in [1.82, 2.24) is 4.90 Å². The summed E-state index contributed by atoms with van der Waals surface area (Å²) in [4.78, 5) is 25.9. The van der Waals surface area contributed by atoms with E-state index in [-0.39, 0.29) is 18.4 Å². The third-order valence-corrected chi connectivity index (χ3v) is 3.58. The average Bonchev–Trinajstić information content (AvgIpc) is 2.69. The van der Waals surface area contributed by atoms with Crippen LogP contribution in [0.25, 0.3) is 0 Å². The number of nitrogens with zero attached hydrogens (tertiary/aromatic N) is 1. The summed E-state index contributed by atoms with van der Waals surface area (Å²) < 4.78 is 0. The first-order valence-corrected chi connectivity index (χ1v) is 6.68. The third-order valence-electron chi connectivity index (χ3n) is 3.58. The highest BCUT2D eigenvalue weighted by Crippen LogP contribution is 2.25. The Labute approximate surface area is 123 Å². The quantitative estimate of drug-likeness (QED) is 0.615. The fourth-order valence-electron chi connectivity index (χ4n) is 2.52. The van der Waals surface area contributed by atoms with Crippen LogP contribution >= 0.6 is 0 Å². The molecule has 0 atom stereocenters. The molecule has 0 saturated heterocycles. The number of fused-ring (bicyclic) bond motifs is 1. The Balaban J connectivity index is 1.85. The van der Waals surface area contributed by atoms with E-state index in [0.29, 0.717) is 17.5 Å². The van der Waals surface area contributed by atoms with Crippen molar-refractivity contribution in [2.75, 3.05) is 6.54 Å². The van der Waals surface area contributed by atoms with Gasteiger partial charge in [0.25, 0.3) is 11.8 Å². The number of rotatable bonds is 2. The minimum atomic E-state index is -0.240. The molecule has 2 amide bonds. The van der Waals surface area contributed by atoms with E-state index in [9.17, 15) is 9.59 Å². The van der Waals surface area contributed by atoms with Gasteiger partial charge in [-0.1, -0.05) is 42.4 Å². The molecule has 1 heterocycles. The van der Waals surface area contributed by atoms with Crippen molar-refractivity contribution >= 4 is 11.8 Å². The summed E-state index contributed by atoms with van der Waals surface area (Å²) in [6, 6.07) is 6.90. The summed E-state index contributed by atoms with van der Waals surface area (Å²) in [5.41, 5.74) is 2.73. The van der Waals surface area contributed by atoms with Gasteiger partial charge in [-0.15, -0.1) is 6.42 Å². The molecule has 21 heavy (non-hydrogen) atoms. The monoisotopic (exact) mass is 275 g/mol. The van der Waals surface area contributed by atoms with Gasteiger partial charge in [0.15, 0.2) is 0 Å². The zero-order valence-electron chi connectivity index (χ0n) is 11.4. The maximum absolute atomic E-state index is 12.3. The van der Waals surface area contributed by atoms with Crippen molar-refractivity contribution in [2.24, 2.45) is 0 Å². The van der Waals surface area contributed by atoms with Gasteiger partial charge in [0.1, 0.15) is 0 Å². The van der Waals surface area contributed by atoms with Crippen LogP contribution < -0.4 is 0 Å². The molecular weight excluding hydrogens is 262 g/mol. The van der Waals surface area contributed by atoms with E-state index in [2.05, 4.69) is 5.92 Å². The smallest absolute Gasteiger partial charge is 0.261 e. The summed E-state index contributed by atoms with van der Waals surface area (Å²) in [7, 11) is 0. The van der Waals surface area contributed by atoms with Crippen LogP contribution in [0.2, 0.25) is 0 Å². The van der Waals surface area contributed by atoms with Gasteiger partial charge >= 0.3 is 0 Å². The van der Waals surface area contributed by atoms with E-state index in [1.165, 1.54) is 4.90 Å². The van der Waals surface area contributed by atoms with Crippen LogP contribution in [0.5, 0.6) is 0 Å². The van der Waals surface area contributed by atoms with Crippen molar-refractivity contribution in [2.45, 2.75) is 6.42 Å². The van der Waals surface area contributed by atoms with Crippen LogP contribution in [-0.4, -0.2) is 23.3 Å². The highest BCUT2D eigenvalue weighted by atomic mass is 16.2. The van der Waals surface area contributed by atoms with Gasteiger partial charge in [0, 0.05) is 12.0 Å². The van der Waals surface area contributed by atoms with Gasteiger partial charge in [-0.25, -0.2) is 0 Å². The lowest BCUT2D eigenvalue weighted by molar-refractivity contribution is 0.0667. The van der Waals surface area contributed by atoms with Crippen molar-refractivity contribution in [1.29, 1.82) is 0 Å². The molecule has 0 aromatic heterocycles. The number of carbonyl (C=O) groups excluding carboxylic acids is 2. The second-order valence-electron chi connectivity index (χ2n) is 4.96.